The van der Waals surface area contributed by atoms with Crippen molar-refractivity contribution in [2.24, 2.45) is 7.05 Å². The molecule has 0 spiro atoms. The second kappa shape index (κ2) is 8.62. The molecular formula is C13H26ClN5O3S. The van der Waals surface area contributed by atoms with Crippen LogP contribution in [0.4, 0.5) is 0 Å². The minimum atomic E-state index is -3.80. The van der Waals surface area contributed by atoms with E-state index in [2.05, 4.69) is 20.5 Å². The summed E-state index contributed by atoms with van der Waals surface area (Å²) in [5.41, 5.74) is 0.935. The van der Waals surface area contributed by atoms with Crippen LogP contribution >= 0.6 is 12.4 Å². The predicted octanol–water partition coefficient (Wildman–Crippen LogP) is -0.150. The highest BCUT2D eigenvalue weighted by molar-refractivity contribution is 7.89. The maximum atomic E-state index is 12.4. The lowest BCUT2D eigenvalue weighted by Crippen LogP contribution is -2.47. The molecular weight excluding hydrogens is 342 g/mol. The number of sulfonamides is 1. The van der Waals surface area contributed by atoms with Gasteiger partial charge in [-0.15, -0.1) is 12.4 Å². The number of amides is 1. The van der Waals surface area contributed by atoms with Gasteiger partial charge in [-0.25, -0.2) is 8.42 Å². The summed E-state index contributed by atoms with van der Waals surface area (Å²) in [6.07, 6.45) is 0. The second-order valence-electron chi connectivity index (χ2n) is 5.40. The molecule has 0 saturated heterocycles. The average molecular weight is 368 g/mol. The number of likely N-dealkylation sites (N-methyl/N-ethyl adjacent to an activating group) is 1. The third-order valence-electron chi connectivity index (χ3n) is 3.51. The average Bonchev–Trinajstić information content (AvgIpc) is 2.68. The molecule has 0 aromatic carbocycles. The summed E-state index contributed by atoms with van der Waals surface area (Å²) in [6, 6.07) is -0.761. The van der Waals surface area contributed by atoms with Crippen molar-refractivity contribution < 1.29 is 13.2 Å². The summed E-state index contributed by atoms with van der Waals surface area (Å²) in [6.45, 7) is 7.15. The first kappa shape index (κ1) is 21.8. The van der Waals surface area contributed by atoms with Gasteiger partial charge in [-0.2, -0.15) is 9.82 Å². The quantitative estimate of drug-likeness (QED) is 0.621. The molecule has 0 aliphatic heterocycles. The number of hydrogen-bond acceptors (Lipinski definition) is 5. The van der Waals surface area contributed by atoms with Crippen molar-refractivity contribution in [2.45, 2.75) is 44.7 Å². The topological polar surface area (TPSA) is 105 Å². The molecule has 0 radical (unpaired) electrons. The largest absolute Gasteiger partial charge is 0.353 e. The number of carbonyl (C=O) groups is 1. The first-order chi connectivity index (χ1) is 10.1. The van der Waals surface area contributed by atoms with E-state index in [4.69, 9.17) is 0 Å². The van der Waals surface area contributed by atoms with Crippen molar-refractivity contribution in [3.05, 3.63) is 11.4 Å². The summed E-state index contributed by atoms with van der Waals surface area (Å²) in [5, 5.41) is 9.77. The summed E-state index contributed by atoms with van der Waals surface area (Å²) in [5.74, 6) is -0.370. The van der Waals surface area contributed by atoms with Gasteiger partial charge >= 0.3 is 0 Å². The fourth-order valence-corrected chi connectivity index (χ4v) is 3.64. The lowest BCUT2D eigenvalue weighted by molar-refractivity contribution is -0.122. The molecule has 1 aromatic heterocycles. The number of aryl methyl sites for hydroxylation is 2. The van der Waals surface area contributed by atoms with Crippen LogP contribution in [0.25, 0.3) is 0 Å². The van der Waals surface area contributed by atoms with Gasteiger partial charge in [-0.1, -0.05) is 0 Å². The lowest BCUT2D eigenvalue weighted by Gasteiger charge is -2.16. The zero-order chi connectivity index (χ0) is 17.1. The van der Waals surface area contributed by atoms with E-state index < -0.39 is 16.1 Å². The number of rotatable bonds is 7. The molecule has 1 heterocycles. The molecule has 1 amide bonds. The van der Waals surface area contributed by atoms with E-state index in [-0.39, 0.29) is 29.3 Å². The molecule has 1 aromatic rings. The van der Waals surface area contributed by atoms with Crippen molar-refractivity contribution in [3.8, 4) is 0 Å². The summed E-state index contributed by atoms with van der Waals surface area (Å²) >= 11 is 0. The van der Waals surface area contributed by atoms with Crippen LogP contribution in [0.1, 0.15) is 25.2 Å². The molecule has 3 N–H and O–H groups in total. The molecule has 23 heavy (non-hydrogen) atoms. The van der Waals surface area contributed by atoms with Gasteiger partial charge in [0.05, 0.1) is 17.4 Å². The minimum absolute atomic E-state index is 0. The summed E-state index contributed by atoms with van der Waals surface area (Å²) < 4.78 is 28.8. The Hall–Kier alpha value is -1.16. The Labute approximate surface area is 143 Å². The molecule has 1 rings (SSSR count). The Morgan fingerprint density at radius 3 is 2.30 bits per heavy atom. The number of halogens is 1. The normalized spacial score (nSPS) is 14.0. The maximum absolute atomic E-state index is 12.4. The van der Waals surface area contributed by atoms with Crippen LogP contribution in [0.15, 0.2) is 4.90 Å². The third kappa shape index (κ3) is 5.45. The Bertz CT molecular complexity index is 644. The minimum Gasteiger partial charge on any atom is -0.353 e. The van der Waals surface area contributed by atoms with E-state index in [9.17, 15) is 13.2 Å². The van der Waals surface area contributed by atoms with Crippen molar-refractivity contribution >= 4 is 28.3 Å². The zero-order valence-corrected chi connectivity index (χ0v) is 15.9. The van der Waals surface area contributed by atoms with Gasteiger partial charge < -0.3 is 10.6 Å². The van der Waals surface area contributed by atoms with Crippen LogP contribution in [0.5, 0.6) is 0 Å². The fourth-order valence-electron chi connectivity index (χ4n) is 2.00. The maximum Gasteiger partial charge on any atom is 0.244 e. The second-order valence-corrected chi connectivity index (χ2v) is 7.05. The van der Waals surface area contributed by atoms with E-state index in [0.717, 1.165) is 0 Å². The van der Waals surface area contributed by atoms with E-state index in [0.29, 0.717) is 17.9 Å². The number of carbonyl (C=O) groups excluding carboxylic acids is 1. The standard InChI is InChI=1S/C13H25N5O3S.ClH/c1-8(14-5)7-15-13(19)10(3)17-22(20,21)12-9(2)16-18(6)11(12)4;/h8,10,14,17H,7H2,1-6H3,(H,15,19);1H. The van der Waals surface area contributed by atoms with Crippen LogP contribution < -0.4 is 15.4 Å². The smallest absolute Gasteiger partial charge is 0.244 e. The molecule has 2 atom stereocenters. The molecule has 134 valence electrons. The number of hydrogen-bond donors (Lipinski definition) is 3. The lowest BCUT2D eigenvalue weighted by atomic mass is 10.3. The van der Waals surface area contributed by atoms with Gasteiger partial charge in [-0.05, 0) is 34.7 Å². The highest BCUT2D eigenvalue weighted by atomic mass is 35.5. The SMILES string of the molecule is CNC(C)CNC(=O)C(C)NS(=O)(=O)c1c(C)nn(C)c1C.Cl. The van der Waals surface area contributed by atoms with Gasteiger partial charge in [0.15, 0.2) is 0 Å². The van der Waals surface area contributed by atoms with Crippen LogP contribution in [0, 0.1) is 13.8 Å². The Morgan fingerprint density at radius 1 is 1.30 bits per heavy atom. The Balaban J connectivity index is 0.00000484. The van der Waals surface area contributed by atoms with Gasteiger partial charge in [0.2, 0.25) is 15.9 Å². The van der Waals surface area contributed by atoms with Crippen molar-refractivity contribution in [1.29, 1.82) is 0 Å². The van der Waals surface area contributed by atoms with Crippen molar-refractivity contribution in [3.63, 3.8) is 0 Å². The molecule has 0 fully saturated rings. The van der Waals surface area contributed by atoms with E-state index >= 15 is 0 Å². The molecule has 0 aliphatic carbocycles. The van der Waals surface area contributed by atoms with Gasteiger partial charge in [0.1, 0.15) is 4.90 Å². The first-order valence-electron chi connectivity index (χ1n) is 7.07. The fraction of sp³-hybridized carbons (Fsp3) is 0.692. The summed E-state index contributed by atoms with van der Waals surface area (Å²) in [7, 11) is -0.333. The molecule has 10 heteroatoms. The predicted molar refractivity (Wildman–Crippen MR) is 91.2 cm³/mol. The van der Waals surface area contributed by atoms with Gasteiger partial charge in [0.25, 0.3) is 0 Å². The highest BCUT2D eigenvalue weighted by Gasteiger charge is 2.27. The van der Waals surface area contributed by atoms with Crippen LogP contribution in [-0.2, 0) is 21.9 Å². The number of aromatic nitrogens is 2. The van der Waals surface area contributed by atoms with Gasteiger partial charge in [-0.3, -0.25) is 9.48 Å². The van der Waals surface area contributed by atoms with E-state index in [1.165, 1.54) is 11.6 Å². The van der Waals surface area contributed by atoms with Gasteiger partial charge in [0, 0.05) is 19.6 Å². The highest BCUT2D eigenvalue weighted by Crippen LogP contribution is 2.18. The summed E-state index contributed by atoms with van der Waals surface area (Å²) in [4.78, 5) is 12.1. The Morgan fingerprint density at radius 2 is 1.87 bits per heavy atom. The van der Waals surface area contributed by atoms with Crippen molar-refractivity contribution in [2.75, 3.05) is 13.6 Å². The first-order valence-corrected chi connectivity index (χ1v) is 8.56. The molecule has 2 unspecified atom stereocenters. The van der Waals surface area contributed by atoms with Crippen LogP contribution in [0.3, 0.4) is 0 Å². The zero-order valence-electron chi connectivity index (χ0n) is 14.3. The van der Waals surface area contributed by atoms with E-state index in [1.807, 2.05) is 6.92 Å². The third-order valence-corrected chi connectivity index (χ3v) is 5.30. The Kier molecular flexibility index (Phi) is 8.19. The monoisotopic (exact) mass is 367 g/mol. The number of nitrogens with zero attached hydrogens (tertiary/aromatic N) is 2. The van der Waals surface area contributed by atoms with Crippen molar-refractivity contribution in [1.82, 2.24) is 25.1 Å². The molecule has 8 nitrogen and oxygen atoms in total. The molecule has 0 aliphatic rings. The van der Waals surface area contributed by atoms with E-state index in [1.54, 1.807) is 27.9 Å². The van der Waals surface area contributed by atoms with Crippen LogP contribution in [0.2, 0.25) is 0 Å². The number of nitrogens with one attached hydrogen (secondary N) is 3. The van der Waals surface area contributed by atoms with Crippen LogP contribution in [-0.4, -0.2) is 49.8 Å². The molecule has 0 saturated carbocycles. The molecule has 0 bridgehead atoms.